The van der Waals surface area contributed by atoms with Gasteiger partial charge in [-0.2, -0.15) is 0 Å². The zero-order valence-electron chi connectivity index (χ0n) is 14.0. The van der Waals surface area contributed by atoms with E-state index in [1.165, 1.54) is 37.1 Å². The number of aromatic nitrogens is 1. The zero-order valence-corrected chi connectivity index (χ0v) is 14.0. The summed E-state index contributed by atoms with van der Waals surface area (Å²) in [4.78, 5) is 6.90. The van der Waals surface area contributed by atoms with E-state index in [4.69, 9.17) is 10.5 Å². The first-order valence-corrected chi connectivity index (χ1v) is 8.33. The van der Waals surface area contributed by atoms with Crippen molar-refractivity contribution in [1.82, 2.24) is 9.88 Å². The maximum Gasteiger partial charge on any atom is 0.124 e. The monoisotopic (exact) mass is 311 g/mol. The minimum atomic E-state index is 0.548. The van der Waals surface area contributed by atoms with Gasteiger partial charge in [0.2, 0.25) is 0 Å². The number of ether oxygens (including phenoxy) is 1. The second kappa shape index (κ2) is 7.01. The molecule has 1 fully saturated rings. The van der Waals surface area contributed by atoms with Crippen LogP contribution >= 0.6 is 0 Å². The summed E-state index contributed by atoms with van der Waals surface area (Å²) in [6.07, 6.45) is 2.64. The zero-order chi connectivity index (χ0) is 16.2. The maximum atomic E-state index is 5.96. The molecule has 122 valence electrons. The molecule has 0 spiro atoms. The van der Waals surface area contributed by atoms with Crippen LogP contribution in [0, 0.1) is 13.8 Å². The van der Waals surface area contributed by atoms with Crippen LogP contribution in [0.5, 0.6) is 5.75 Å². The van der Waals surface area contributed by atoms with Crippen molar-refractivity contribution in [3.05, 3.63) is 41.5 Å². The number of hydrogen-bond donors (Lipinski definition) is 1. The first-order chi connectivity index (χ1) is 11.1. The molecular formula is C19H25N3O. The lowest BCUT2D eigenvalue weighted by Gasteiger charge is -2.17. The van der Waals surface area contributed by atoms with Crippen LogP contribution in [0.3, 0.4) is 0 Å². The number of nitrogens with two attached hydrogens (primary N) is 1. The Labute approximate surface area is 138 Å². The van der Waals surface area contributed by atoms with Gasteiger partial charge < -0.3 is 10.5 Å². The lowest BCUT2D eigenvalue weighted by molar-refractivity contribution is 0.237. The van der Waals surface area contributed by atoms with Crippen molar-refractivity contribution >= 4 is 5.82 Å². The van der Waals surface area contributed by atoms with E-state index in [2.05, 4.69) is 35.9 Å². The van der Waals surface area contributed by atoms with E-state index in [-0.39, 0.29) is 0 Å². The van der Waals surface area contributed by atoms with Crippen molar-refractivity contribution in [3.8, 4) is 17.0 Å². The Morgan fingerprint density at radius 1 is 1.13 bits per heavy atom. The van der Waals surface area contributed by atoms with Crippen LogP contribution in [-0.2, 0) is 0 Å². The van der Waals surface area contributed by atoms with Gasteiger partial charge in [-0.15, -0.1) is 0 Å². The summed E-state index contributed by atoms with van der Waals surface area (Å²) in [5.74, 6) is 1.49. The molecule has 2 aromatic rings. The molecule has 0 atom stereocenters. The minimum absolute atomic E-state index is 0.548. The van der Waals surface area contributed by atoms with Gasteiger partial charge in [-0.05, 0) is 75.2 Å². The second-order valence-corrected chi connectivity index (χ2v) is 6.28. The van der Waals surface area contributed by atoms with E-state index in [9.17, 15) is 0 Å². The second-order valence-electron chi connectivity index (χ2n) is 6.28. The van der Waals surface area contributed by atoms with Crippen LogP contribution in [0.2, 0.25) is 0 Å². The number of benzene rings is 1. The number of likely N-dealkylation sites (tertiary alicyclic amines) is 1. The Morgan fingerprint density at radius 3 is 2.48 bits per heavy atom. The van der Waals surface area contributed by atoms with E-state index in [1.54, 1.807) is 0 Å². The molecule has 0 saturated carbocycles. The molecule has 23 heavy (non-hydrogen) atoms. The highest BCUT2D eigenvalue weighted by Gasteiger charge is 2.12. The number of rotatable bonds is 5. The smallest absolute Gasteiger partial charge is 0.124 e. The number of pyridine rings is 1. The van der Waals surface area contributed by atoms with Crippen LogP contribution in [-0.4, -0.2) is 36.1 Å². The first-order valence-electron chi connectivity index (χ1n) is 8.33. The van der Waals surface area contributed by atoms with Gasteiger partial charge >= 0.3 is 0 Å². The van der Waals surface area contributed by atoms with Gasteiger partial charge in [0.25, 0.3) is 0 Å². The fraction of sp³-hybridized carbons (Fsp3) is 0.421. The molecule has 0 radical (unpaired) electrons. The third-order valence-corrected chi connectivity index (χ3v) is 4.41. The van der Waals surface area contributed by atoms with E-state index >= 15 is 0 Å². The van der Waals surface area contributed by atoms with Crippen molar-refractivity contribution in [2.75, 3.05) is 32.0 Å². The lowest BCUT2D eigenvalue weighted by Crippen LogP contribution is -2.25. The van der Waals surface area contributed by atoms with Crippen molar-refractivity contribution in [3.63, 3.8) is 0 Å². The van der Waals surface area contributed by atoms with Crippen molar-refractivity contribution < 1.29 is 4.74 Å². The summed E-state index contributed by atoms with van der Waals surface area (Å²) in [6, 6.07) is 9.94. The molecule has 2 heterocycles. The summed E-state index contributed by atoms with van der Waals surface area (Å²) in [5, 5.41) is 0. The van der Waals surface area contributed by atoms with Crippen LogP contribution in [0.15, 0.2) is 30.3 Å². The number of nitrogens with zero attached hydrogens (tertiary/aromatic N) is 2. The lowest BCUT2D eigenvalue weighted by atomic mass is 9.99. The Kier molecular flexibility index (Phi) is 4.82. The number of nitrogen functional groups attached to an aromatic ring is 1. The molecule has 0 unspecified atom stereocenters. The number of aryl methyl sites for hydroxylation is 2. The molecule has 0 amide bonds. The van der Waals surface area contributed by atoms with E-state index in [1.807, 2.05) is 18.2 Å². The summed E-state index contributed by atoms with van der Waals surface area (Å²) in [7, 11) is 0. The standard InChI is InChI=1S/C19H25N3O/c1-14-12-16(23-11-10-22-8-3-4-9-22)13-15(2)19(14)17-6-5-7-18(20)21-17/h5-7,12-13H,3-4,8-11H2,1-2H3,(H2,20,21). The Morgan fingerprint density at radius 2 is 1.83 bits per heavy atom. The maximum absolute atomic E-state index is 5.96. The van der Waals surface area contributed by atoms with E-state index in [0.717, 1.165) is 30.2 Å². The predicted molar refractivity (Wildman–Crippen MR) is 94.7 cm³/mol. The SMILES string of the molecule is Cc1cc(OCCN2CCCC2)cc(C)c1-c1cccc(N)n1. The molecule has 0 bridgehead atoms. The largest absolute Gasteiger partial charge is 0.492 e. The minimum Gasteiger partial charge on any atom is -0.492 e. The van der Waals surface area contributed by atoms with Crippen LogP contribution < -0.4 is 10.5 Å². The molecule has 0 aliphatic carbocycles. The van der Waals surface area contributed by atoms with Gasteiger partial charge in [-0.3, -0.25) is 4.90 Å². The van der Waals surface area contributed by atoms with Gasteiger partial charge in [-0.1, -0.05) is 6.07 Å². The van der Waals surface area contributed by atoms with E-state index < -0.39 is 0 Å². The highest BCUT2D eigenvalue weighted by Crippen LogP contribution is 2.30. The molecule has 1 saturated heterocycles. The molecule has 1 aliphatic heterocycles. The van der Waals surface area contributed by atoms with Crippen molar-refractivity contribution in [2.24, 2.45) is 0 Å². The third kappa shape index (κ3) is 3.82. The average Bonchev–Trinajstić information content (AvgIpc) is 3.00. The van der Waals surface area contributed by atoms with Crippen molar-refractivity contribution in [2.45, 2.75) is 26.7 Å². The quantitative estimate of drug-likeness (QED) is 0.919. The fourth-order valence-electron chi connectivity index (χ4n) is 3.30. The average molecular weight is 311 g/mol. The van der Waals surface area contributed by atoms with Crippen LogP contribution in [0.1, 0.15) is 24.0 Å². The highest BCUT2D eigenvalue weighted by molar-refractivity contribution is 5.69. The molecule has 2 N–H and O–H groups in total. The molecule has 4 nitrogen and oxygen atoms in total. The number of anilines is 1. The normalized spacial score (nSPS) is 15.0. The Balaban J connectivity index is 1.72. The molecule has 3 rings (SSSR count). The van der Waals surface area contributed by atoms with Gasteiger partial charge in [0.15, 0.2) is 0 Å². The topological polar surface area (TPSA) is 51.4 Å². The van der Waals surface area contributed by atoms with Gasteiger partial charge in [0.1, 0.15) is 18.2 Å². The summed E-state index contributed by atoms with van der Waals surface area (Å²) >= 11 is 0. The Bertz CT molecular complexity index is 655. The highest BCUT2D eigenvalue weighted by atomic mass is 16.5. The summed E-state index contributed by atoms with van der Waals surface area (Å²) in [5.41, 5.74) is 10.2. The van der Waals surface area contributed by atoms with Gasteiger partial charge in [-0.25, -0.2) is 4.98 Å². The first kappa shape index (κ1) is 15.8. The molecular weight excluding hydrogens is 286 g/mol. The van der Waals surface area contributed by atoms with E-state index in [0.29, 0.717) is 5.82 Å². The molecule has 1 aliphatic rings. The van der Waals surface area contributed by atoms with Gasteiger partial charge in [0.05, 0.1) is 5.69 Å². The van der Waals surface area contributed by atoms with Crippen molar-refractivity contribution in [1.29, 1.82) is 0 Å². The predicted octanol–water partition coefficient (Wildman–Crippen LogP) is 3.42. The van der Waals surface area contributed by atoms with Crippen LogP contribution in [0.4, 0.5) is 5.82 Å². The molecule has 1 aromatic carbocycles. The summed E-state index contributed by atoms with van der Waals surface area (Å²) in [6.45, 7) is 8.37. The molecule has 1 aromatic heterocycles. The van der Waals surface area contributed by atoms with Crippen LogP contribution in [0.25, 0.3) is 11.3 Å². The van der Waals surface area contributed by atoms with Gasteiger partial charge in [0, 0.05) is 12.1 Å². The molecule has 4 heteroatoms. The Hall–Kier alpha value is -2.07. The third-order valence-electron chi connectivity index (χ3n) is 4.41. The summed E-state index contributed by atoms with van der Waals surface area (Å²) < 4.78 is 5.96. The number of hydrogen-bond acceptors (Lipinski definition) is 4. The fourth-order valence-corrected chi connectivity index (χ4v) is 3.30.